The number of hydrogen-bond donors (Lipinski definition) is 0. The predicted molar refractivity (Wildman–Crippen MR) is 126 cm³/mol. The van der Waals surface area contributed by atoms with Gasteiger partial charge in [0.25, 0.3) is 0 Å². The molecule has 34 heavy (non-hydrogen) atoms. The third-order valence-corrected chi connectivity index (χ3v) is 5.64. The zero-order chi connectivity index (χ0) is 23.1. The average molecular weight is 448 g/mol. The molecule has 0 unspecified atom stereocenters. The summed E-state index contributed by atoms with van der Waals surface area (Å²) >= 11 is 0. The summed E-state index contributed by atoms with van der Waals surface area (Å²) < 4.78 is 17.9. The van der Waals surface area contributed by atoms with Gasteiger partial charge in [0.15, 0.2) is 0 Å². The molecule has 164 valence electrons. The fourth-order valence-corrected chi connectivity index (χ4v) is 4.09. The van der Waals surface area contributed by atoms with Crippen LogP contribution in [-0.4, -0.2) is 34.1 Å². The van der Waals surface area contributed by atoms with Gasteiger partial charge in [0.05, 0.1) is 53.2 Å². The minimum atomic E-state index is -0.281. The van der Waals surface area contributed by atoms with Gasteiger partial charge in [-0.15, -0.1) is 0 Å². The van der Waals surface area contributed by atoms with E-state index in [-0.39, 0.29) is 5.82 Å². The lowest BCUT2D eigenvalue weighted by Gasteiger charge is -2.08. The molecule has 2 aromatic carbocycles. The van der Waals surface area contributed by atoms with Gasteiger partial charge < -0.3 is 4.57 Å². The maximum atomic E-state index is 13.9. The van der Waals surface area contributed by atoms with E-state index in [4.69, 9.17) is 4.99 Å². The molecule has 6 aromatic rings. The molecular formula is C25H17FN8. The summed E-state index contributed by atoms with van der Waals surface area (Å²) in [7, 11) is 1.93. The summed E-state index contributed by atoms with van der Waals surface area (Å²) in [4.78, 5) is 26.1. The third kappa shape index (κ3) is 3.30. The zero-order valence-corrected chi connectivity index (χ0v) is 18.0. The van der Waals surface area contributed by atoms with Crippen LogP contribution >= 0.6 is 0 Å². The summed E-state index contributed by atoms with van der Waals surface area (Å²) in [6.45, 7) is 0. The summed E-state index contributed by atoms with van der Waals surface area (Å²) in [6.07, 6.45) is 11.5. The van der Waals surface area contributed by atoms with E-state index in [9.17, 15) is 4.39 Å². The van der Waals surface area contributed by atoms with Gasteiger partial charge in [0.2, 0.25) is 5.62 Å². The number of rotatable bonds is 3. The summed E-state index contributed by atoms with van der Waals surface area (Å²) in [6, 6.07) is 12.5. The van der Waals surface area contributed by atoms with Gasteiger partial charge in [0, 0.05) is 12.4 Å². The van der Waals surface area contributed by atoms with Gasteiger partial charge in [0.1, 0.15) is 24.2 Å². The van der Waals surface area contributed by atoms with Gasteiger partial charge >= 0.3 is 0 Å². The number of pyridine rings is 1. The molecule has 0 radical (unpaired) electrons. The van der Waals surface area contributed by atoms with Crippen LogP contribution in [0.2, 0.25) is 0 Å². The Kier molecular flexibility index (Phi) is 4.65. The Labute approximate surface area is 192 Å². The lowest BCUT2D eigenvalue weighted by Crippen LogP contribution is -2.23. The van der Waals surface area contributed by atoms with E-state index < -0.39 is 0 Å². The molecule has 0 aliphatic heterocycles. The molecule has 0 atom stereocenters. The number of nitrogens with zero attached hydrogens (tertiary/aromatic N) is 8. The van der Waals surface area contributed by atoms with Crippen molar-refractivity contribution in [3.05, 3.63) is 97.5 Å². The molecule has 0 bridgehead atoms. The Balaban J connectivity index is 1.74. The molecule has 9 heteroatoms. The molecule has 0 aliphatic rings. The second-order valence-corrected chi connectivity index (χ2v) is 7.73. The minimum Gasteiger partial charge on any atom is -0.311 e. The lowest BCUT2D eigenvalue weighted by atomic mass is 10.0. The summed E-state index contributed by atoms with van der Waals surface area (Å²) in [5, 5.41) is 0.893. The van der Waals surface area contributed by atoms with Crippen molar-refractivity contribution in [1.29, 1.82) is 0 Å². The number of benzene rings is 2. The largest absolute Gasteiger partial charge is 0.311 e. The fraction of sp³-hybridized carbons (Fsp3) is 0.0400. The second-order valence-electron chi connectivity index (χ2n) is 7.73. The number of imidazole rings is 1. The van der Waals surface area contributed by atoms with E-state index in [2.05, 4.69) is 24.9 Å². The van der Waals surface area contributed by atoms with Crippen LogP contribution in [0.5, 0.6) is 0 Å². The van der Waals surface area contributed by atoms with Crippen molar-refractivity contribution >= 4 is 27.6 Å². The first-order valence-electron chi connectivity index (χ1n) is 10.5. The molecule has 4 aromatic heterocycles. The Morgan fingerprint density at radius 2 is 1.56 bits per heavy atom. The van der Waals surface area contributed by atoms with E-state index in [0.717, 1.165) is 38.8 Å². The Morgan fingerprint density at radius 1 is 0.824 bits per heavy atom. The van der Waals surface area contributed by atoms with Crippen molar-refractivity contribution in [3.63, 3.8) is 0 Å². The van der Waals surface area contributed by atoms with Crippen LogP contribution in [0.4, 0.5) is 10.1 Å². The van der Waals surface area contributed by atoms with Crippen LogP contribution in [-0.2, 0) is 7.05 Å². The molecule has 6 rings (SSSR count). The number of halogens is 1. The van der Waals surface area contributed by atoms with Crippen LogP contribution in [0, 0.1) is 5.82 Å². The molecule has 0 fully saturated rings. The van der Waals surface area contributed by atoms with Crippen LogP contribution < -0.4 is 5.62 Å². The van der Waals surface area contributed by atoms with E-state index in [1.54, 1.807) is 30.9 Å². The third-order valence-electron chi connectivity index (χ3n) is 5.64. The highest BCUT2D eigenvalue weighted by Gasteiger charge is 2.16. The van der Waals surface area contributed by atoms with Crippen LogP contribution in [0.1, 0.15) is 0 Å². The van der Waals surface area contributed by atoms with Crippen molar-refractivity contribution in [3.8, 4) is 16.8 Å². The van der Waals surface area contributed by atoms with Gasteiger partial charge in [-0.2, -0.15) is 0 Å². The smallest absolute Gasteiger partial charge is 0.215 e. The first kappa shape index (κ1) is 19.9. The van der Waals surface area contributed by atoms with E-state index >= 15 is 0 Å². The Morgan fingerprint density at radius 3 is 2.32 bits per heavy atom. The summed E-state index contributed by atoms with van der Waals surface area (Å²) in [5.41, 5.74) is 6.21. The highest BCUT2D eigenvalue weighted by atomic mass is 19.1. The molecule has 0 aliphatic carbocycles. The monoisotopic (exact) mass is 448 g/mol. The molecule has 0 saturated carbocycles. The van der Waals surface area contributed by atoms with E-state index in [1.165, 1.54) is 24.8 Å². The standard InChI is InChI=1S/C25H17FN8/c1-33-23-13-31-22-6-5-17(16-3-2-4-18(26)7-16)8-21(22)24(23)34(20-11-29-15-30-12-20)25(33)32-19-9-27-14-28-10-19/h2-15H,1H3. The highest BCUT2D eigenvalue weighted by Crippen LogP contribution is 2.30. The molecule has 0 amide bonds. The molecule has 0 N–H and O–H groups in total. The Bertz CT molecular complexity index is 1720. The number of aromatic nitrogens is 7. The average Bonchev–Trinajstić information content (AvgIpc) is 3.16. The first-order valence-corrected chi connectivity index (χ1v) is 10.5. The minimum absolute atomic E-state index is 0.281. The topological polar surface area (TPSA) is 86.7 Å². The van der Waals surface area contributed by atoms with Crippen molar-refractivity contribution in [2.45, 2.75) is 0 Å². The van der Waals surface area contributed by atoms with Crippen LogP contribution in [0.25, 0.3) is 38.8 Å². The molecule has 0 spiro atoms. The normalized spacial score (nSPS) is 12.0. The maximum absolute atomic E-state index is 13.9. The molecule has 4 heterocycles. The Hall–Kier alpha value is -4.79. The maximum Gasteiger partial charge on any atom is 0.215 e. The zero-order valence-electron chi connectivity index (χ0n) is 18.0. The van der Waals surface area contributed by atoms with Crippen molar-refractivity contribution < 1.29 is 4.39 Å². The lowest BCUT2D eigenvalue weighted by molar-refractivity contribution is 0.628. The van der Waals surface area contributed by atoms with Gasteiger partial charge in [-0.05, 0) is 35.4 Å². The van der Waals surface area contributed by atoms with Crippen molar-refractivity contribution in [2.24, 2.45) is 12.0 Å². The predicted octanol–water partition coefficient (Wildman–Crippen LogP) is 4.14. The first-order chi connectivity index (χ1) is 16.7. The number of fused-ring (bicyclic) bond motifs is 3. The summed E-state index contributed by atoms with van der Waals surface area (Å²) in [5.74, 6) is -0.281. The van der Waals surface area contributed by atoms with Gasteiger partial charge in [-0.25, -0.2) is 29.3 Å². The highest BCUT2D eigenvalue weighted by molar-refractivity contribution is 6.04. The van der Waals surface area contributed by atoms with Crippen LogP contribution in [0.3, 0.4) is 0 Å². The number of hydrogen-bond acceptors (Lipinski definition) is 6. The molecular weight excluding hydrogens is 431 g/mol. The molecule has 0 saturated heterocycles. The van der Waals surface area contributed by atoms with E-state index in [1.807, 2.05) is 46.6 Å². The van der Waals surface area contributed by atoms with Crippen LogP contribution in [0.15, 0.2) is 91.1 Å². The fourth-order valence-electron chi connectivity index (χ4n) is 4.09. The van der Waals surface area contributed by atoms with Gasteiger partial charge in [-0.3, -0.25) is 9.55 Å². The van der Waals surface area contributed by atoms with Crippen molar-refractivity contribution in [1.82, 2.24) is 34.1 Å². The van der Waals surface area contributed by atoms with E-state index in [0.29, 0.717) is 11.3 Å². The second kappa shape index (κ2) is 7.96. The number of aryl methyl sites for hydroxylation is 1. The van der Waals surface area contributed by atoms with Gasteiger partial charge in [-0.1, -0.05) is 18.2 Å². The van der Waals surface area contributed by atoms with Crippen molar-refractivity contribution in [2.75, 3.05) is 0 Å². The SMILES string of the molecule is Cn1c(=Nc2cncnc2)n(-c2cncnc2)c2c3cc(-c4cccc(F)c4)ccc3ncc21. The molecule has 8 nitrogen and oxygen atoms in total. The quantitative estimate of drug-likeness (QED) is 0.406.